The zero-order valence-electron chi connectivity index (χ0n) is 12.0. The van der Waals surface area contributed by atoms with E-state index >= 15 is 0 Å². The summed E-state index contributed by atoms with van der Waals surface area (Å²) in [6.45, 7) is 5.06. The summed E-state index contributed by atoms with van der Waals surface area (Å²) in [5, 5.41) is 2.88. The van der Waals surface area contributed by atoms with Gasteiger partial charge in [-0.15, -0.1) is 0 Å². The Bertz CT molecular complexity index is 629. The molecule has 0 radical (unpaired) electrons. The Morgan fingerprint density at radius 3 is 2.71 bits per heavy atom. The molecule has 0 saturated carbocycles. The second-order valence-corrected chi connectivity index (χ2v) is 4.38. The summed E-state index contributed by atoms with van der Waals surface area (Å²) in [4.78, 5) is 22.1. The summed E-state index contributed by atoms with van der Waals surface area (Å²) in [5.74, 6) is -0.237. The smallest absolute Gasteiger partial charge is 0.272 e. The van der Waals surface area contributed by atoms with Crippen molar-refractivity contribution in [1.29, 1.82) is 0 Å². The monoisotopic (exact) mass is 288 g/mol. The second-order valence-electron chi connectivity index (χ2n) is 4.38. The fourth-order valence-electron chi connectivity index (χ4n) is 1.91. The van der Waals surface area contributed by atoms with Crippen LogP contribution in [0, 0.1) is 5.82 Å². The zero-order chi connectivity index (χ0) is 15.2. The molecule has 6 heteroatoms. The molecule has 5 nitrogen and oxygen atoms in total. The first kappa shape index (κ1) is 14.9. The Morgan fingerprint density at radius 1 is 1.29 bits per heavy atom. The van der Waals surface area contributed by atoms with Gasteiger partial charge in [0.15, 0.2) is 0 Å². The number of amides is 1. The molecule has 0 atom stereocenters. The van der Waals surface area contributed by atoms with E-state index < -0.39 is 0 Å². The fraction of sp³-hybridized carbons (Fsp3) is 0.267. The molecule has 21 heavy (non-hydrogen) atoms. The van der Waals surface area contributed by atoms with Crippen molar-refractivity contribution in [2.75, 3.05) is 18.4 Å². The van der Waals surface area contributed by atoms with E-state index in [2.05, 4.69) is 15.3 Å². The van der Waals surface area contributed by atoms with Gasteiger partial charge in [0.2, 0.25) is 5.95 Å². The minimum atomic E-state index is -0.352. The molecule has 0 bridgehead atoms. The first-order valence-corrected chi connectivity index (χ1v) is 6.79. The summed E-state index contributed by atoms with van der Waals surface area (Å²) in [7, 11) is 0. The van der Waals surface area contributed by atoms with Crippen molar-refractivity contribution in [2.45, 2.75) is 13.8 Å². The number of nitrogens with one attached hydrogen (secondary N) is 1. The Morgan fingerprint density at radius 2 is 2.05 bits per heavy atom. The molecule has 1 aromatic heterocycles. The molecule has 1 aromatic carbocycles. The largest absolute Gasteiger partial charge is 0.338 e. The van der Waals surface area contributed by atoms with E-state index in [0.29, 0.717) is 24.5 Å². The van der Waals surface area contributed by atoms with Gasteiger partial charge in [0.1, 0.15) is 11.5 Å². The van der Waals surface area contributed by atoms with Crippen LogP contribution in [0.25, 0.3) is 0 Å². The van der Waals surface area contributed by atoms with Gasteiger partial charge < -0.3 is 10.2 Å². The first-order valence-electron chi connectivity index (χ1n) is 6.79. The van der Waals surface area contributed by atoms with Crippen LogP contribution in [0.15, 0.2) is 36.5 Å². The van der Waals surface area contributed by atoms with Crippen LogP contribution in [-0.4, -0.2) is 33.9 Å². The second kappa shape index (κ2) is 6.78. The number of anilines is 2. The molecule has 0 aliphatic heterocycles. The lowest BCUT2D eigenvalue weighted by Gasteiger charge is -2.18. The van der Waals surface area contributed by atoms with Crippen LogP contribution in [0.2, 0.25) is 0 Å². The SMILES string of the molecule is CCN(CC)C(=O)c1ccnc(Nc2cccc(F)c2)n1. The van der Waals surface area contributed by atoms with Gasteiger partial charge in [-0.3, -0.25) is 4.79 Å². The summed E-state index contributed by atoms with van der Waals surface area (Å²) in [6.07, 6.45) is 1.51. The lowest BCUT2D eigenvalue weighted by Crippen LogP contribution is -2.31. The van der Waals surface area contributed by atoms with E-state index in [1.54, 1.807) is 23.1 Å². The van der Waals surface area contributed by atoms with E-state index in [1.165, 1.54) is 18.3 Å². The number of carbonyl (C=O) groups is 1. The normalized spacial score (nSPS) is 10.2. The van der Waals surface area contributed by atoms with E-state index in [9.17, 15) is 9.18 Å². The summed E-state index contributed by atoms with van der Waals surface area (Å²) in [5.41, 5.74) is 0.843. The highest BCUT2D eigenvalue weighted by Crippen LogP contribution is 2.14. The fourth-order valence-corrected chi connectivity index (χ4v) is 1.91. The predicted molar refractivity (Wildman–Crippen MR) is 79.0 cm³/mol. The van der Waals surface area contributed by atoms with E-state index in [0.717, 1.165) is 0 Å². The maximum absolute atomic E-state index is 13.1. The summed E-state index contributed by atoms with van der Waals surface area (Å²) < 4.78 is 13.1. The number of nitrogens with zero attached hydrogens (tertiary/aromatic N) is 3. The van der Waals surface area contributed by atoms with Crippen molar-refractivity contribution >= 4 is 17.5 Å². The third-order valence-electron chi connectivity index (χ3n) is 3.01. The maximum atomic E-state index is 13.1. The Kier molecular flexibility index (Phi) is 4.81. The van der Waals surface area contributed by atoms with E-state index in [-0.39, 0.29) is 17.7 Å². The number of aromatic nitrogens is 2. The molecule has 0 aliphatic carbocycles. The molecule has 0 fully saturated rings. The molecule has 2 rings (SSSR count). The van der Waals surface area contributed by atoms with Gasteiger partial charge in [0.25, 0.3) is 5.91 Å². The van der Waals surface area contributed by atoms with Crippen LogP contribution < -0.4 is 5.32 Å². The summed E-state index contributed by atoms with van der Waals surface area (Å²) >= 11 is 0. The average molecular weight is 288 g/mol. The number of carbonyl (C=O) groups excluding carboxylic acids is 1. The first-order chi connectivity index (χ1) is 10.1. The summed E-state index contributed by atoms with van der Waals surface area (Å²) in [6, 6.07) is 7.54. The highest BCUT2D eigenvalue weighted by molar-refractivity contribution is 5.92. The van der Waals surface area contributed by atoms with Crippen LogP contribution >= 0.6 is 0 Å². The lowest BCUT2D eigenvalue weighted by molar-refractivity contribution is 0.0767. The Balaban J connectivity index is 2.20. The van der Waals surface area contributed by atoms with Gasteiger partial charge in [-0.25, -0.2) is 14.4 Å². The highest BCUT2D eigenvalue weighted by Gasteiger charge is 2.14. The number of hydrogen-bond donors (Lipinski definition) is 1. The molecule has 110 valence electrons. The molecule has 1 N–H and O–H groups in total. The van der Waals surface area contributed by atoms with Crippen LogP contribution in [0.3, 0.4) is 0 Å². The Labute approximate surface area is 122 Å². The van der Waals surface area contributed by atoms with Gasteiger partial charge >= 0.3 is 0 Å². The van der Waals surface area contributed by atoms with E-state index in [1.807, 2.05) is 13.8 Å². The van der Waals surface area contributed by atoms with Gasteiger partial charge in [-0.2, -0.15) is 0 Å². The zero-order valence-corrected chi connectivity index (χ0v) is 12.0. The van der Waals surface area contributed by atoms with Crippen molar-refractivity contribution in [2.24, 2.45) is 0 Å². The quantitative estimate of drug-likeness (QED) is 0.919. The van der Waals surface area contributed by atoms with Crippen LogP contribution in [0.1, 0.15) is 24.3 Å². The minimum absolute atomic E-state index is 0.148. The third kappa shape index (κ3) is 3.75. The molecule has 0 saturated heterocycles. The molecular formula is C15H17FN4O. The molecule has 1 amide bonds. The standard InChI is InChI=1S/C15H17FN4O/c1-3-20(4-2)14(21)13-8-9-17-15(19-13)18-12-7-5-6-11(16)10-12/h5-10H,3-4H2,1-2H3,(H,17,18,19). The third-order valence-corrected chi connectivity index (χ3v) is 3.01. The number of halogens is 1. The molecule has 0 spiro atoms. The molecule has 0 aliphatic rings. The average Bonchev–Trinajstić information content (AvgIpc) is 2.48. The number of hydrogen-bond acceptors (Lipinski definition) is 4. The van der Waals surface area contributed by atoms with Gasteiger partial charge in [-0.05, 0) is 38.1 Å². The molecule has 2 aromatic rings. The van der Waals surface area contributed by atoms with Gasteiger partial charge in [-0.1, -0.05) is 6.07 Å². The molecule has 0 unspecified atom stereocenters. The van der Waals surface area contributed by atoms with Crippen LogP contribution in [0.5, 0.6) is 0 Å². The van der Waals surface area contributed by atoms with Crippen molar-refractivity contribution in [3.63, 3.8) is 0 Å². The van der Waals surface area contributed by atoms with Crippen molar-refractivity contribution in [3.8, 4) is 0 Å². The lowest BCUT2D eigenvalue weighted by atomic mass is 10.3. The number of rotatable bonds is 5. The van der Waals surface area contributed by atoms with Crippen molar-refractivity contribution in [3.05, 3.63) is 48.0 Å². The molecule has 1 heterocycles. The van der Waals surface area contributed by atoms with Crippen LogP contribution in [0.4, 0.5) is 16.0 Å². The predicted octanol–water partition coefficient (Wildman–Crippen LogP) is 2.84. The van der Waals surface area contributed by atoms with Crippen molar-refractivity contribution in [1.82, 2.24) is 14.9 Å². The van der Waals surface area contributed by atoms with Crippen LogP contribution in [-0.2, 0) is 0 Å². The molecular weight excluding hydrogens is 271 g/mol. The highest BCUT2D eigenvalue weighted by atomic mass is 19.1. The maximum Gasteiger partial charge on any atom is 0.272 e. The minimum Gasteiger partial charge on any atom is -0.338 e. The van der Waals surface area contributed by atoms with Crippen molar-refractivity contribution < 1.29 is 9.18 Å². The Hall–Kier alpha value is -2.50. The topological polar surface area (TPSA) is 58.1 Å². The van der Waals surface area contributed by atoms with Gasteiger partial charge in [0.05, 0.1) is 0 Å². The van der Waals surface area contributed by atoms with E-state index in [4.69, 9.17) is 0 Å². The number of benzene rings is 1. The van der Waals surface area contributed by atoms with Gasteiger partial charge in [0, 0.05) is 25.0 Å².